The molecule has 1 aromatic heterocycles. The van der Waals surface area contributed by atoms with E-state index in [2.05, 4.69) is 17.1 Å². The largest absolute Gasteiger partial charge is 0.493 e. The fraction of sp³-hybridized carbons (Fsp3) is 0.357. The molecule has 0 fully saturated rings. The fourth-order valence-electron chi connectivity index (χ4n) is 2.65. The number of hydrogen-bond donors (Lipinski definition) is 1. The number of benzene rings is 1. The van der Waals surface area contributed by atoms with Crippen molar-refractivity contribution in [1.29, 1.82) is 0 Å². The Labute approximate surface area is 111 Å². The SMILES string of the molecule is NCC1(Cc2cncs2)CCOc2ccccc21. The summed E-state index contributed by atoms with van der Waals surface area (Å²) in [5.41, 5.74) is 9.22. The van der Waals surface area contributed by atoms with Crippen molar-refractivity contribution in [3.8, 4) is 5.75 Å². The van der Waals surface area contributed by atoms with E-state index in [-0.39, 0.29) is 5.41 Å². The van der Waals surface area contributed by atoms with E-state index in [1.807, 2.05) is 23.8 Å². The summed E-state index contributed by atoms with van der Waals surface area (Å²) in [5, 5.41) is 0. The fourth-order valence-corrected chi connectivity index (χ4v) is 3.39. The van der Waals surface area contributed by atoms with Crippen LogP contribution in [0.25, 0.3) is 0 Å². The smallest absolute Gasteiger partial charge is 0.123 e. The van der Waals surface area contributed by atoms with Gasteiger partial charge in [0.2, 0.25) is 0 Å². The number of thiazole rings is 1. The maximum absolute atomic E-state index is 6.10. The quantitative estimate of drug-likeness (QED) is 0.921. The summed E-state index contributed by atoms with van der Waals surface area (Å²) in [6, 6.07) is 8.25. The van der Waals surface area contributed by atoms with Gasteiger partial charge in [-0.3, -0.25) is 4.98 Å². The van der Waals surface area contributed by atoms with Crippen molar-refractivity contribution in [3.63, 3.8) is 0 Å². The van der Waals surface area contributed by atoms with Gasteiger partial charge >= 0.3 is 0 Å². The monoisotopic (exact) mass is 260 g/mol. The molecule has 3 nitrogen and oxygen atoms in total. The highest BCUT2D eigenvalue weighted by atomic mass is 32.1. The second-order valence-electron chi connectivity index (χ2n) is 4.72. The van der Waals surface area contributed by atoms with Gasteiger partial charge in [-0.1, -0.05) is 18.2 Å². The van der Waals surface area contributed by atoms with Gasteiger partial charge < -0.3 is 10.5 Å². The zero-order valence-electron chi connectivity index (χ0n) is 10.1. The van der Waals surface area contributed by atoms with Crippen LogP contribution in [0.1, 0.15) is 16.9 Å². The van der Waals surface area contributed by atoms with E-state index >= 15 is 0 Å². The average Bonchev–Trinajstić information content (AvgIpc) is 2.92. The number of rotatable bonds is 3. The molecule has 0 saturated heterocycles. The molecule has 0 radical (unpaired) electrons. The molecule has 1 aromatic carbocycles. The average molecular weight is 260 g/mol. The lowest BCUT2D eigenvalue weighted by Crippen LogP contribution is -2.41. The Balaban J connectivity index is 2.02. The third-order valence-electron chi connectivity index (χ3n) is 3.68. The third-order valence-corrected chi connectivity index (χ3v) is 4.46. The van der Waals surface area contributed by atoms with Crippen molar-refractivity contribution in [2.45, 2.75) is 18.3 Å². The number of aromatic nitrogens is 1. The zero-order valence-corrected chi connectivity index (χ0v) is 11.0. The van der Waals surface area contributed by atoms with Crippen molar-refractivity contribution in [3.05, 3.63) is 46.4 Å². The second kappa shape index (κ2) is 4.71. The Kier molecular flexibility index (Phi) is 3.06. The second-order valence-corrected chi connectivity index (χ2v) is 5.69. The Morgan fingerprint density at radius 3 is 3.06 bits per heavy atom. The van der Waals surface area contributed by atoms with Gasteiger partial charge in [-0.25, -0.2) is 0 Å². The molecule has 3 rings (SSSR count). The van der Waals surface area contributed by atoms with E-state index in [0.29, 0.717) is 6.54 Å². The van der Waals surface area contributed by atoms with E-state index in [9.17, 15) is 0 Å². The van der Waals surface area contributed by atoms with Gasteiger partial charge in [-0.2, -0.15) is 0 Å². The molecule has 0 amide bonds. The van der Waals surface area contributed by atoms with Crippen LogP contribution >= 0.6 is 11.3 Å². The first-order valence-electron chi connectivity index (χ1n) is 6.14. The molecule has 1 atom stereocenters. The highest BCUT2D eigenvalue weighted by Gasteiger charge is 2.36. The van der Waals surface area contributed by atoms with Crippen LogP contribution in [0.15, 0.2) is 36.0 Å². The number of para-hydroxylation sites is 1. The molecule has 1 unspecified atom stereocenters. The summed E-state index contributed by atoms with van der Waals surface area (Å²) in [6.45, 7) is 1.39. The van der Waals surface area contributed by atoms with Gasteiger partial charge in [-0.15, -0.1) is 11.3 Å². The molecule has 0 bridgehead atoms. The molecule has 2 N–H and O–H groups in total. The molecule has 0 saturated carbocycles. The molecule has 2 aromatic rings. The Bertz CT molecular complexity index is 526. The van der Waals surface area contributed by atoms with Gasteiger partial charge in [0.05, 0.1) is 12.1 Å². The molecule has 1 aliphatic heterocycles. The van der Waals surface area contributed by atoms with Gasteiger partial charge in [-0.05, 0) is 18.9 Å². The van der Waals surface area contributed by atoms with Crippen LogP contribution in [-0.2, 0) is 11.8 Å². The highest BCUT2D eigenvalue weighted by Crippen LogP contribution is 2.40. The van der Waals surface area contributed by atoms with Crippen molar-refractivity contribution >= 4 is 11.3 Å². The summed E-state index contributed by atoms with van der Waals surface area (Å²) in [7, 11) is 0. The Hall–Kier alpha value is -1.39. The van der Waals surface area contributed by atoms with Crippen LogP contribution in [0, 0.1) is 0 Å². The number of ether oxygens (including phenoxy) is 1. The van der Waals surface area contributed by atoms with Crippen LogP contribution in [-0.4, -0.2) is 18.1 Å². The summed E-state index contributed by atoms with van der Waals surface area (Å²) in [5.74, 6) is 0.985. The van der Waals surface area contributed by atoms with Gasteiger partial charge in [0.25, 0.3) is 0 Å². The van der Waals surface area contributed by atoms with Crippen molar-refractivity contribution < 1.29 is 4.74 Å². The Morgan fingerprint density at radius 1 is 1.39 bits per heavy atom. The van der Waals surface area contributed by atoms with Crippen LogP contribution in [0.2, 0.25) is 0 Å². The predicted octanol–water partition coefficient (Wildman–Crippen LogP) is 2.36. The van der Waals surface area contributed by atoms with E-state index in [1.54, 1.807) is 11.3 Å². The lowest BCUT2D eigenvalue weighted by Gasteiger charge is -2.37. The summed E-state index contributed by atoms with van der Waals surface area (Å²) >= 11 is 1.70. The molecule has 94 valence electrons. The number of nitrogens with two attached hydrogens (primary N) is 1. The third kappa shape index (κ3) is 1.91. The van der Waals surface area contributed by atoms with E-state index in [0.717, 1.165) is 25.2 Å². The minimum atomic E-state index is 0.00137. The minimum absolute atomic E-state index is 0.00137. The van der Waals surface area contributed by atoms with Crippen molar-refractivity contribution in [2.24, 2.45) is 5.73 Å². The summed E-state index contributed by atoms with van der Waals surface area (Å²) in [4.78, 5) is 5.44. The maximum atomic E-state index is 6.10. The van der Waals surface area contributed by atoms with E-state index in [1.165, 1.54) is 10.4 Å². The van der Waals surface area contributed by atoms with Gasteiger partial charge in [0.1, 0.15) is 5.75 Å². The molecule has 18 heavy (non-hydrogen) atoms. The lowest BCUT2D eigenvalue weighted by atomic mass is 9.73. The van der Waals surface area contributed by atoms with Crippen LogP contribution in [0.5, 0.6) is 5.75 Å². The summed E-state index contributed by atoms with van der Waals surface area (Å²) < 4.78 is 5.73. The first kappa shape index (κ1) is 11.7. The maximum Gasteiger partial charge on any atom is 0.123 e. The number of fused-ring (bicyclic) bond motifs is 1. The summed E-state index contributed by atoms with van der Waals surface area (Å²) in [6.07, 6.45) is 3.87. The Morgan fingerprint density at radius 2 is 2.28 bits per heavy atom. The standard InChI is InChI=1S/C14H16N2OS/c15-9-14(7-11-8-16-10-18-11)5-6-17-13-4-2-1-3-12(13)14/h1-4,8,10H,5-7,9,15H2. The molecular formula is C14H16N2OS. The topological polar surface area (TPSA) is 48.1 Å². The van der Waals surface area contributed by atoms with E-state index < -0.39 is 0 Å². The van der Waals surface area contributed by atoms with E-state index in [4.69, 9.17) is 10.5 Å². The molecule has 1 aliphatic rings. The predicted molar refractivity (Wildman–Crippen MR) is 73.1 cm³/mol. The first-order chi connectivity index (χ1) is 8.84. The molecule has 4 heteroatoms. The number of nitrogens with zero attached hydrogens (tertiary/aromatic N) is 1. The molecule has 2 heterocycles. The molecule has 0 spiro atoms. The van der Waals surface area contributed by atoms with Gasteiger partial charge in [0.15, 0.2) is 0 Å². The van der Waals surface area contributed by atoms with Crippen LogP contribution in [0.4, 0.5) is 0 Å². The lowest BCUT2D eigenvalue weighted by molar-refractivity contribution is 0.216. The van der Waals surface area contributed by atoms with Crippen LogP contribution in [0.3, 0.4) is 0 Å². The first-order valence-corrected chi connectivity index (χ1v) is 7.02. The van der Waals surface area contributed by atoms with Gasteiger partial charge in [0, 0.05) is 28.6 Å². The van der Waals surface area contributed by atoms with Crippen molar-refractivity contribution in [2.75, 3.05) is 13.2 Å². The number of hydrogen-bond acceptors (Lipinski definition) is 4. The van der Waals surface area contributed by atoms with Crippen molar-refractivity contribution in [1.82, 2.24) is 4.98 Å². The molecular weight excluding hydrogens is 244 g/mol. The molecule has 0 aliphatic carbocycles. The van der Waals surface area contributed by atoms with Crippen LogP contribution < -0.4 is 10.5 Å². The normalized spacial score (nSPS) is 22.3. The minimum Gasteiger partial charge on any atom is -0.493 e. The highest BCUT2D eigenvalue weighted by molar-refractivity contribution is 7.09. The zero-order chi connectivity index (χ0) is 12.4.